The topological polar surface area (TPSA) is 33.7 Å². The number of nitrogens with one attached hydrogen (secondary N) is 1. The van der Waals surface area contributed by atoms with Crippen LogP contribution in [-0.4, -0.2) is 44.4 Å². The maximum atomic E-state index is 5.99. The molecule has 0 bridgehead atoms. The minimum atomic E-state index is 0.625. The van der Waals surface area contributed by atoms with Crippen LogP contribution >= 0.6 is 0 Å². The molecule has 4 nitrogen and oxygen atoms in total. The van der Waals surface area contributed by atoms with Crippen molar-refractivity contribution in [3.8, 4) is 5.75 Å². The number of benzene rings is 2. The van der Waals surface area contributed by atoms with E-state index in [0.717, 1.165) is 51.4 Å². The molecule has 1 aliphatic rings. The van der Waals surface area contributed by atoms with Gasteiger partial charge in [-0.1, -0.05) is 42.0 Å². The van der Waals surface area contributed by atoms with Crippen LogP contribution in [0.2, 0.25) is 0 Å². The molecular formula is C23H32N2O2. The van der Waals surface area contributed by atoms with Crippen molar-refractivity contribution in [2.24, 2.45) is 0 Å². The first-order valence-electron chi connectivity index (χ1n) is 9.97. The third-order valence-corrected chi connectivity index (χ3v) is 5.20. The van der Waals surface area contributed by atoms with Gasteiger partial charge >= 0.3 is 0 Å². The first-order valence-corrected chi connectivity index (χ1v) is 9.97. The zero-order valence-electron chi connectivity index (χ0n) is 16.6. The molecule has 0 aromatic heterocycles. The average molecular weight is 369 g/mol. The zero-order valence-corrected chi connectivity index (χ0v) is 16.6. The smallest absolute Gasteiger partial charge is 0.119 e. The molecule has 27 heavy (non-hydrogen) atoms. The van der Waals surface area contributed by atoms with Gasteiger partial charge in [-0.25, -0.2) is 0 Å². The van der Waals surface area contributed by atoms with E-state index < -0.39 is 0 Å². The fourth-order valence-corrected chi connectivity index (χ4v) is 3.42. The Hall–Kier alpha value is -1.88. The SMILES string of the molecule is Cc1ccc(CNCc2cccc(OCCN(C)C3CCOCC3)c2)cc1. The minimum absolute atomic E-state index is 0.625. The van der Waals surface area contributed by atoms with E-state index in [1.165, 1.54) is 16.7 Å². The van der Waals surface area contributed by atoms with Gasteiger partial charge in [-0.3, -0.25) is 4.90 Å². The third kappa shape index (κ3) is 6.65. The number of hydrogen-bond acceptors (Lipinski definition) is 4. The molecule has 0 spiro atoms. The van der Waals surface area contributed by atoms with Crippen LogP contribution in [0.3, 0.4) is 0 Å². The number of nitrogens with zero attached hydrogens (tertiary/aromatic N) is 1. The molecule has 2 aromatic carbocycles. The number of likely N-dealkylation sites (N-methyl/N-ethyl adjacent to an activating group) is 1. The summed E-state index contributed by atoms with van der Waals surface area (Å²) in [5, 5.41) is 3.51. The maximum Gasteiger partial charge on any atom is 0.119 e. The second-order valence-electron chi connectivity index (χ2n) is 7.41. The Labute approximate surface area is 163 Å². The number of hydrogen-bond donors (Lipinski definition) is 1. The lowest BCUT2D eigenvalue weighted by molar-refractivity contribution is 0.0392. The molecule has 0 atom stereocenters. The van der Waals surface area contributed by atoms with Gasteiger partial charge in [0.15, 0.2) is 0 Å². The summed E-state index contributed by atoms with van der Waals surface area (Å²) in [6.07, 6.45) is 2.25. The van der Waals surface area contributed by atoms with Gasteiger partial charge < -0.3 is 14.8 Å². The summed E-state index contributed by atoms with van der Waals surface area (Å²) in [5.74, 6) is 0.949. The Morgan fingerprint density at radius 1 is 1.04 bits per heavy atom. The molecule has 4 heteroatoms. The predicted octanol–water partition coefficient (Wildman–Crippen LogP) is 3.77. The molecule has 0 aliphatic carbocycles. The molecule has 1 aliphatic heterocycles. The van der Waals surface area contributed by atoms with E-state index >= 15 is 0 Å². The summed E-state index contributed by atoms with van der Waals surface area (Å²) in [6, 6.07) is 17.7. The zero-order chi connectivity index (χ0) is 18.9. The van der Waals surface area contributed by atoms with Crippen molar-refractivity contribution in [2.45, 2.75) is 38.9 Å². The van der Waals surface area contributed by atoms with Crippen molar-refractivity contribution in [2.75, 3.05) is 33.4 Å². The molecule has 0 unspecified atom stereocenters. The highest BCUT2D eigenvalue weighted by Crippen LogP contribution is 2.15. The highest BCUT2D eigenvalue weighted by atomic mass is 16.5. The lowest BCUT2D eigenvalue weighted by Crippen LogP contribution is -2.38. The van der Waals surface area contributed by atoms with Crippen molar-refractivity contribution in [3.05, 3.63) is 65.2 Å². The molecule has 1 saturated heterocycles. The molecular weight excluding hydrogens is 336 g/mol. The van der Waals surface area contributed by atoms with Gasteiger partial charge in [0.05, 0.1) is 0 Å². The van der Waals surface area contributed by atoms with E-state index in [0.29, 0.717) is 12.6 Å². The summed E-state index contributed by atoms with van der Waals surface area (Å²) in [4.78, 5) is 2.40. The van der Waals surface area contributed by atoms with E-state index in [1.807, 2.05) is 6.07 Å². The van der Waals surface area contributed by atoms with Crippen LogP contribution in [-0.2, 0) is 17.8 Å². The molecule has 146 valence electrons. The third-order valence-electron chi connectivity index (χ3n) is 5.20. The quantitative estimate of drug-likeness (QED) is 0.730. The maximum absolute atomic E-state index is 5.99. The van der Waals surface area contributed by atoms with Gasteiger partial charge in [0.1, 0.15) is 12.4 Å². The van der Waals surface area contributed by atoms with Crippen LogP contribution in [0.5, 0.6) is 5.75 Å². The van der Waals surface area contributed by atoms with Crippen LogP contribution < -0.4 is 10.1 Å². The Kier molecular flexibility index (Phi) is 7.69. The Morgan fingerprint density at radius 2 is 1.78 bits per heavy atom. The Bertz CT molecular complexity index is 681. The molecule has 0 amide bonds. The van der Waals surface area contributed by atoms with Gasteiger partial charge in [-0.15, -0.1) is 0 Å². The van der Waals surface area contributed by atoms with Crippen molar-refractivity contribution in [1.82, 2.24) is 10.2 Å². The van der Waals surface area contributed by atoms with Gasteiger partial charge in [0.2, 0.25) is 0 Å². The number of aryl methyl sites for hydroxylation is 1. The van der Waals surface area contributed by atoms with Gasteiger partial charge in [0.25, 0.3) is 0 Å². The summed E-state index contributed by atoms with van der Waals surface area (Å²) >= 11 is 0. The highest BCUT2D eigenvalue weighted by molar-refractivity contribution is 5.28. The van der Waals surface area contributed by atoms with Crippen LogP contribution in [0.1, 0.15) is 29.5 Å². The summed E-state index contributed by atoms with van der Waals surface area (Å²) in [6.45, 7) is 7.26. The van der Waals surface area contributed by atoms with Crippen LogP contribution in [0.4, 0.5) is 0 Å². The molecule has 2 aromatic rings. The van der Waals surface area contributed by atoms with Gasteiger partial charge in [-0.05, 0) is 50.1 Å². The monoisotopic (exact) mass is 368 g/mol. The molecule has 3 rings (SSSR count). The largest absolute Gasteiger partial charge is 0.492 e. The van der Waals surface area contributed by atoms with Crippen molar-refractivity contribution in [1.29, 1.82) is 0 Å². The van der Waals surface area contributed by atoms with Crippen molar-refractivity contribution < 1.29 is 9.47 Å². The van der Waals surface area contributed by atoms with Gasteiger partial charge in [-0.2, -0.15) is 0 Å². The average Bonchev–Trinajstić information content (AvgIpc) is 2.70. The standard InChI is InChI=1S/C23H32N2O2/c1-19-6-8-20(9-7-19)17-24-18-21-4-3-5-23(16-21)27-15-12-25(2)22-10-13-26-14-11-22/h3-9,16,22,24H,10-15,17-18H2,1-2H3. The lowest BCUT2D eigenvalue weighted by atomic mass is 10.1. The number of rotatable bonds is 9. The van der Waals surface area contributed by atoms with Crippen LogP contribution in [0.15, 0.2) is 48.5 Å². The first-order chi connectivity index (χ1) is 13.2. The first kappa shape index (κ1) is 19.9. The lowest BCUT2D eigenvalue weighted by Gasteiger charge is -2.31. The van der Waals surface area contributed by atoms with Crippen LogP contribution in [0.25, 0.3) is 0 Å². The minimum Gasteiger partial charge on any atom is -0.492 e. The fraction of sp³-hybridized carbons (Fsp3) is 0.478. The highest BCUT2D eigenvalue weighted by Gasteiger charge is 2.17. The second-order valence-corrected chi connectivity index (χ2v) is 7.41. The summed E-state index contributed by atoms with van der Waals surface area (Å²) in [5.41, 5.74) is 3.85. The predicted molar refractivity (Wildman–Crippen MR) is 110 cm³/mol. The molecule has 1 N–H and O–H groups in total. The van der Waals surface area contributed by atoms with E-state index in [4.69, 9.17) is 9.47 Å². The van der Waals surface area contributed by atoms with Crippen molar-refractivity contribution >= 4 is 0 Å². The summed E-state index contributed by atoms with van der Waals surface area (Å²) in [7, 11) is 2.19. The number of ether oxygens (including phenoxy) is 2. The van der Waals surface area contributed by atoms with Crippen molar-refractivity contribution in [3.63, 3.8) is 0 Å². The molecule has 1 heterocycles. The van der Waals surface area contributed by atoms with Crippen LogP contribution in [0, 0.1) is 6.92 Å². The summed E-state index contributed by atoms with van der Waals surface area (Å²) < 4.78 is 11.4. The van der Waals surface area contributed by atoms with Gasteiger partial charge in [0, 0.05) is 38.9 Å². The Morgan fingerprint density at radius 3 is 2.56 bits per heavy atom. The fourth-order valence-electron chi connectivity index (χ4n) is 3.42. The molecule has 0 radical (unpaired) electrons. The van der Waals surface area contributed by atoms with E-state index in [2.05, 4.69) is 66.7 Å². The molecule has 1 fully saturated rings. The normalized spacial score (nSPS) is 15.2. The second kappa shape index (κ2) is 10.5. The Balaban J connectivity index is 1.39. The molecule has 0 saturated carbocycles. The van der Waals surface area contributed by atoms with E-state index in [-0.39, 0.29) is 0 Å². The van der Waals surface area contributed by atoms with E-state index in [1.54, 1.807) is 0 Å². The van der Waals surface area contributed by atoms with E-state index in [9.17, 15) is 0 Å².